The first-order chi connectivity index (χ1) is 10.1. The van der Waals surface area contributed by atoms with Crippen LogP contribution in [-0.4, -0.2) is 35.4 Å². The number of nitrogens with zero attached hydrogens (tertiary/aromatic N) is 2. The minimum atomic E-state index is -0.375. The van der Waals surface area contributed by atoms with Crippen molar-refractivity contribution in [3.8, 4) is 0 Å². The summed E-state index contributed by atoms with van der Waals surface area (Å²) in [7, 11) is 0. The van der Waals surface area contributed by atoms with Crippen LogP contribution in [0.5, 0.6) is 0 Å². The molecule has 0 spiro atoms. The van der Waals surface area contributed by atoms with Crippen molar-refractivity contribution in [1.29, 1.82) is 0 Å². The van der Waals surface area contributed by atoms with Gasteiger partial charge >= 0.3 is 0 Å². The van der Waals surface area contributed by atoms with Gasteiger partial charge in [0.05, 0.1) is 4.92 Å². The number of likely N-dealkylation sites (tertiary alicyclic amines) is 1. The van der Waals surface area contributed by atoms with Gasteiger partial charge in [-0.25, -0.2) is 0 Å². The second-order valence-corrected chi connectivity index (χ2v) is 5.87. The SMILES string of the molecule is O=C(C1CC1)N1CCC(CNc2ccccc2[N+](=O)[O-])C1. The average molecular weight is 289 g/mol. The van der Waals surface area contributed by atoms with Crippen LogP contribution < -0.4 is 5.32 Å². The van der Waals surface area contributed by atoms with E-state index in [0.717, 1.165) is 32.4 Å². The van der Waals surface area contributed by atoms with Gasteiger partial charge in [-0.1, -0.05) is 12.1 Å². The summed E-state index contributed by atoms with van der Waals surface area (Å²) in [6, 6.07) is 6.67. The maximum Gasteiger partial charge on any atom is 0.292 e. The number of hydrogen-bond donors (Lipinski definition) is 1. The van der Waals surface area contributed by atoms with Crippen molar-refractivity contribution in [2.24, 2.45) is 11.8 Å². The standard InChI is InChI=1S/C15H19N3O3/c19-15(12-5-6-12)17-8-7-11(10-17)9-16-13-3-1-2-4-14(13)18(20)21/h1-4,11-12,16H,5-10H2. The molecule has 1 atom stereocenters. The molecule has 3 rings (SSSR count). The van der Waals surface area contributed by atoms with E-state index in [1.54, 1.807) is 18.2 Å². The van der Waals surface area contributed by atoms with Crippen molar-refractivity contribution in [3.63, 3.8) is 0 Å². The Bertz CT molecular complexity index is 557. The number of nitro benzene ring substituents is 1. The van der Waals surface area contributed by atoms with Crippen molar-refractivity contribution in [2.75, 3.05) is 25.0 Å². The number of amides is 1. The molecular weight excluding hydrogens is 270 g/mol. The van der Waals surface area contributed by atoms with Gasteiger partial charge in [0, 0.05) is 31.6 Å². The zero-order valence-corrected chi connectivity index (χ0v) is 11.8. The number of nitro groups is 1. The molecule has 1 aromatic rings. The van der Waals surface area contributed by atoms with Crippen molar-refractivity contribution in [2.45, 2.75) is 19.3 Å². The lowest BCUT2D eigenvalue weighted by Gasteiger charge is -2.16. The van der Waals surface area contributed by atoms with Crippen LogP contribution in [0.4, 0.5) is 11.4 Å². The zero-order chi connectivity index (χ0) is 14.8. The van der Waals surface area contributed by atoms with E-state index in [1.807, 2.05) is 4.90 Å². The van der Waals surface area contributed by atoms with Crippen molar-refractivity contribution < 1.29 is 9.72 Å². The molecule has 1 aliphatic carbocycles. The molecule has 6 nitrogen and oxygen atoms in total. The Morgan fingerprint density at radius 2 is 2.10 bits per heavy atom. The first kappa shape index (κ1) is 13.9. The van der Waals surface area contributed by atoms with Crippen molar-refractivity contribution in [3.05, 3.63) is 34.4 Å². The van der Waals surface area contributed by atoms with E-state index in [0.29, 0.717) is 24.1 Å². The Kier molecular flexibility index (Phi) is 3.77. The highest BCUT2D eigenvalue weighted by atomic mass is 16.6. The first-order valence-electron chi connectivity index (χ1n) is 7.41. The second-order valence-electron chi connectivity index (χ2n) is 5.87. The fourth-order valence-electron chi connectivity index (χ4n) is 2.82. The summed E-state index contributed by atoms with van der Waals surface area (Å²) >= 11 is 0. The van der Waals surface area contributed by atoms with Gasteiger partial charge in [0.2, 0.25) is 5.91 Å². The number of hydrogen-bond acceptors (Lipinski definition) is 4. The summed E-state index contributed by atoms with van der Waals surface area (Å²) in [6.07, 6.45) is 3.04. The van der Waals surface area contributed by atoms with Crippen LogP contribution in [0.15, 0.2) is 24.3 Å². The lowest BCUT2D eigenvalue weighted by molar-refractivity contribution is -0.384. The minimum absolute atomic E-state index is 0.0985. The monoisotopic (exact) mass is 289 g/mol. The summed E-state index contributed by atoms with van der Waals surface area (Å²) in [5.74, 6) is 0.933. The molecule has 1 amide bonds. The minimum Gasteiger partial charge on any atom is -0.379 e. The normalized spacial score (nSPS) is 21.3. The van der Waals surface area contributed by atoms with Crippen LogP contribution in [0, 0.1) is 22.0 Å². The third-order valence-electron chi connectivity index (χ3n) is 4.21. The van der Waals surface area contributed by atoms with E-state index in [1.165, 1.54) is 6.07 Å². The maximum atomic E-state index is 12.0. The topological polar surface area (TPSA) is 75.5 Å². The number of carbonyl (C=O) groups excluding carboxylic acids is 1. The molecule has 6 heteroatoms. The fraction of sp³-hybridized carbons (Fsp3) is 0.533. The van der Waals surface area contributed by atoms with Gasteiger partial charge in [0.15, 0.2) is 0 Å². The summed E-state index contributed by atoms with van der Waals surface area (Å²) in [5, 5.41) is 14.1. The number of rotatable bonds is 5. The largest absolute Gasteiger partial charge is 0.379 e. The molecule has 1 saturated heterocycles. The fourth-order valence-corrected chi connectivity index (χ4v) is 2.82. The Morgan fingerprint density at radius 1 is 1.33 bits per heavy atom. The molecule has 1 aliphatic heterocycles. The molecule has 2 fully saturated rings. The van der Waals surface area contributed by atoms with Crippen LogP contribution in [0.2, 0.25) is 0 Å². The highest BCUT2D eigenvalue weighted by Crippen LogP contribution is 2.33. The second kappa shape index (κ2) is 5.71. The van der Waals surface area contributed by atoms with Gasteiger partial charge in [0.1, 0.15) is 5.69 Å². The highest BCUT2D eigenvalue weighted by Gasteiger charge is 2.36. The quantitative estimate of drug-likeness (QED) is 0.666. The zero-order valence-electron chi connectivity index (χ0n) is 11.8. The molecule has 1 aromatic carbocycles. The van der Waals surface area contributed by atoms with Gasteiger partial charge in [-0.15, -0.1) is 0 Å². The molecule has 0 bridgehead atoms. The predicted molar refractivity (Wildman–Crippen MR) is 79.0 cm³/mol. The van der Waals surface area contributed by atoms with Crippen LogP contribution in [0.1, 0.15) is 19.3 Å². The molecule has 2 aliphatic rings. The smallest absolute Gasteiger partial charge is 0.292 e. The number of para-hydroxylation sites is 2. The average Bonchev–Trinajstić information content (AvgIpc) is 3.23. The van der Waals surface area contributed by atoms with Crippen LogP contribution in [0.3, 0.4) is 0 Å². The van der Waals surface area contributed by atoms with E-state index < -0.39 is 0 Å². The van der Waals surface area contributed by atoms with Gasteiger partial charge in [-0.05, 0) is 31.2 Å². The Hall–Kier alpha value is -2.11. The van der Waals surface area contributed by atoms with Gasteiger partial charge in [-0.3, -0.25) is 14.9 Å². The van der Waals surface area contributed by atoms with E-state index in [9.17, 15) is 14.9 Å². The Balaban J connectivity index is 1.54. The lowest BCUT2D eigenvalue weighted by Crippen LogP contribution is -2.30. The number of benzene rings is 1. The van der Waals surface area contributed by atoms with E-state index >= 15 is 0 Å². The summed E-state index contributed by atoms with van der Waals surface area (Å²) < 4.78 is 0. The van der Waals surface area contributed by atoms with Gasteiger partial charge in [-0.2, -0.15) is 0 Å². The summed E-state index contributed by atoms with van der Waals surface area (Å²) in [6.45, 7) is 2.25. The van der Waals surface area contributed by atoms with Gasteiger partial charge in [0.25, 0.3) is 5.69 Å². The maximum absolute atomic E-state index is 12.0. The van der Waals surface area contributed by atoms with Crippen LogP contribution >= 0.6 is 0 Å². The third-order valence-corrected chi connectivity index (χ3v) is 4.21. The number of anilines is 1. The molecule has 0 radical (unpaired) electrons. The Morgan fingerprint density at radius 3 is 2.81 bits per heavy atom. The summed E-state index contributed by atoms with van der Waals surface area (Å²) in [4.78, 5) is 24.5. The molecule has 1 heterocycles. The number of nitrogens with one attached hydrogen (secondary N) is 1. The van der Waals surface area contributed by atoms with Crippen molar-refractivity contribution >= 4 is 17.3 Å². The molecule has 0 aromatic heterocycles. The van der Waals surface area contributed by atoms with Crippen molar-refractivity contribution in [1.82, 2.24) is 4.90 Å². The molecule has 1 unspecified atom stereocenters. The first-order valence-corrected chi connectivity index (χ1v) is 7.41. The molecule has 1 saturated carbocycles. The third kappa shape index (κ3) is 3.15. The van der Waals surface area contributed by atoms with Gasteiger partial charge < -0.3 is 10.2 Å². The molecule has 21 heavy (non-hydrogen) atoms. The molecular formula is C15H19N3O3. The molecule has 112 valence electrons. The van der Waals surface area contributed by atoms with Crippen LogP contribution in [-0.2, 0) is 4.79 Å². The highest BCUT2D eigenvalue weighted by molar-refractivity contribution is 5.81. The molecule has 1 N–H and O–H groups in total. The van der Waals surface area contributed by atoms with Crippen LogP contribution in [0.25, 0.3) is 0 Å². The Labute approximate surface area is 123 Å². The van der Waals surface area contributed by atoms with E-state index in [4.69, 9.17) is 0 Å². The lowest BCUT2D eigenvalue weighted by atomic mass is 10.1. The van der Waals surface area contributed by atoms with E-state index in [-0.39, 0.29) is 16.5 Å². The predicted octanol–water partition coefficient (Wildman–Crippen LogP) is 2.27. The number of carbonyl (C=O) groups is 1. The summed E-state index contributed by atoms with van der Waals surface area (Å²) in [5.41, 5.74) is 0.649. The van der Waals surface area contributed by atoms with E-state index in [2.05, 4.69) is 5.32 Å².